The molecule has 206 valence electrons. The molecule has 42 heavy (non-hydrogen) atoms. The number of hydrogen-bond donors (Lipinski definition) is 0. The van der Waals surface area contributed by atoms with E-state index in [4.69, 9.17) is 14.2 Å². The number of rotatable bonds is 7. The Morgan fingerprint density at radius 1 is 0.452 bits per heavy atom. The summed E-state index contributed by atoms with van der Waals surface area (Å²) in [7, 11) is 5.00. The summed E-state index contributed by atoms with van der Waals surface area (Å²) < 4.78 is 18.3. The Labute approximate surface area is 248 Å². The smallest absolute Gasteiger partial charge is 0.135 e. The highest BCUT2D eigenvalue weighted by Crippen LogP contribution is 2.49. The second kappa shape index (κ2) is 13.8. The van der Waals surface area contributed by atoms with Crippen molar-refractivity contribution in [1.29, 1.82) is 0 Å². The van der Waals surface area contributed by atoms with Gasteiger partial charge in [0.25, 0.3) is 0 Å². The van der Waals surface area contributed by atoms with E-state index in [0.717, 1.165) is 33.4 Å². The quantitative estimate of drug-likeness (QED) is 0.193. The Balaban J connectivity index is 1.79. The van der Waals surface area contributed by atoms with Crippen LogP contribution in [0.4, 0.5) is 0 Å². The standard InChI is InChI=1S/C39H32O3/c1-40-35-28-36(41-2)38(34(32-22-14-7-15-23-32)27-25-30-18-10-5-11-19-30)39(42-3)37(35)33(31-20-12-6-13-21-31)26-24-29-16-8-4-9-17-29/h4-23,28,33-34H,1-3H3. The molecule has 0 heterocycles. The third-order valence-electron chi connectivity index (χ3n) is 7.04. The molecule has 0 N–H and O–H groups in total. The molecule has 3 nitrogen and oxygen atoms in total. The lowest BCUT2D eigenvalue weighted by Crippen LogP contribution is -2.11. The largest absolute Gasteiger partial charge is 0.496 e. The van der Waals surface area contributed by atoms with Gasteiger partial charge in [0.05, 0.1) is 44.3 Å². The number of hydrogen-bond acceptors (Lipinski definition) is 3. The molecular weight excluding hydrogens is 516 g/mol. The molecule has 5 aromatic carbocycles. The van der Waals surface area contributed by atoms with E-state index in [2.05, 4.69) is 47.9 Å². The molecule has 0 aliphatic heterocycles. The Bertz CT molecular complexity index is 1600. The van der Waals surface area contributed by atoms with Crippen LogP contribution in [0, 0.1) is 23.7 Å². The first-order chi connectivity index (χ1) is 20.7. The summed E-state index contributed by atoms with van der Waals surface area (Å²) in [6, 6.07) is 42.3. The van der Waals surface area contributed by atoms with Crippen molar-refractivity contribution in [3.8, 4) is 40.9 Å². The van der Waals surface area contributed by atoms with Gasteiger partial charge in [0, 0.05) is 17.2 Å². The molecule has 2 atom stereocenters. The summed E-state index contributed by atoms with van der Waals surface area (Å²) in [6.07, 6.45) is 0. The van der Waals surface area contributed by atoms with Crippen molar-refractivity contribution in [3.63, 3.8) is 0 Å². The maximum Gasteiger partial charge on any atom is 0.135 e. The van der Waals surface area contributed by atoms with Crippen molar-refractivity contribution in [2.24, 2.45) is 0 Å². The summed E-state index contributed by atoms with van der Waals surface area (Å²) in [5.74, 6) is 15.0. The zero-order chi connectivity index (χ0) is 29.1. The van der Waals surface area contributed by atoms with Gasteiger partial charge in [-0.15, -0.1) is 0 Å². The van der Waals surface area contributed by atoms with E-state index < -0.39 is 0 Å². The molecule has 3 heteroatoms. The first-order valence-corrected chi connectivity index (χ1v) is 13.8. The van der Waals surface area contributed by atoms with Crippen molar-refractivity contribution in [1.82, 2.24) is 0 Å². The molecule has 5 rings (SSSR count). The van der Waals surface area contributed by atoms with Gasteiger partial charge in [-0.1, -0.05) is 121 Å². The van der Waals surface area contributed by atoms with Gasteiger partial charge < -0.3 is 14.2 Å². The first kappa shape index (κ1) is 28.2. The minimum Gasteiger partial charge on any atom is -0.496 e. The van der Waals surface area contributed by atoms with Crippen LogP contribution in [0.25, 0.3) is 0 Å². The topological polar surface area (TPSA) is 27.7 Å². The van der Waals surface area contributed by atoms with Crippen LogP contribution in [0.2, 0.25) is 0 Å². The van der Waals surface area contributed by atoms with Crippen molar-refractivity contribution in [3.05, 3.63) is 161 Å². The van der Waals surface area contributed by atoms with Gasteiger partial charge in [-0.2, -0.15) is 0 Å². The van der Waals surface area contributed by atoms with Crippen molar-refractivity contribution >= 4 is 0 Å². The van der Waals surface area contributed by atoms with Crippen LogP contribution in [0.15, 0.2) is 127 Å². The van der Waals surface area contributed by atoms with Crippen LogP contribution >= 0.6 is 0 Å². The van der Waals surface area contributed by atoms with Crippen molar-refractivity contribution in [2.45, 2.75) is 11.8 Å². The number of methoxy groups -OCH3 is 3. The molecule has 0 aromatic heterocycles. The maximum atomic E-state index is 6.27. The fraction of sp³-hybridized carbons (Fsp3) is 0.128. The molecule has 0 bridgehead atoms. The minimum absolute atomic E-state index is 0.348. The Hall–Kier alpha value is -5.38. The first-order valence-electron chi connectivity index (χ1n) is 13.8. The van der Waals surface area contributed by atoms with Gasteiger partial charge in [-0.05, 0) is 35.4 Å². The molecule has 5 aromatic rings. The average Bonchev–Trinajstić information content (AvgIpc) is 3.06. The van der Waals surface area contributed by atoms with Gasteiger partial charge in [0.15, 0.2) is 0 Å². The third-order valence-corrected chi connectivity index (χ3v) is 7.04. The third kappa shape index (κ3) is 6.33. The molecule has 0 spiro atoms. The lowest BCUT2D eigenvalue weighted by atomic mass is 9.83. The molecule has 0 saturated heterocycles. The van der Waals surface area contributed by atoms with Gasteiger partial charge in [-0.25, -0.2) is 0 Å². The fourth-order valence-electron chi connectivity index (χ4n) is 5.04. The number of benzene rings is 5. The normalized spacial score (nSPS) is 11.6. The van der Waals surface area contributed by atoms with Crippen LogP contribution in [-0.4, -0.2) is 21.3 Å². The van der Waals surface area contributed by atoms with E-state index in [-0.39, 0.29) is 11.8 Å². The minimum atomic E-state index is -0.348. The molecule has 0 fully saturated rings. The molecule has 0 aliphatic rings. The lowest BCUT2D eigenvalue weighted by molar-refractivity contribution is 0.362. The Morgan fingerprint density at radius 2 is 0.810 bits per heavy atom. The zero-order valence-corrected chi connectivity index (χ0v) is 24.0. The van der Waals surface area contributed by atoms with E-state index >= 15 is 0 Å². The molecule has 2 unspecified atom stereocenters. The summed E-state index contributed by atoms with van der Waals surface area (Å²) in [4.78, 5) is 0. The van der Waals surface area contributed by atoms with Crippen LogP contribution in [0.5, 0.6) is 17.2 Å². The van der Waals surface area contributed by atoms with Crippen molar-refractivity contribution in [2.75, 3.05) is 21.3 Å². The van der Waals surface area contributed by atoms with E-state index in [1.807, 2.05) is 103 Å². The van der Waals surface area contributed by atoms with Gasteiger partial charge in [0.1, 0.15) is 17.2 Å². The summed E-state index contributed by atoms with van der Waals surface area (Å²) in [5.41, 5.74) is 5.57. The Morgan fingerprint density at radius 3 is 1.14 bits per heavy atom. The molecule has 0 saturated carbocycles. The van der Waals surface area contributed by atoms with E-state index in [1.165, 1.54) is 0 Å². The van der Waals surface area contributed by atoms with Crippen molar-refractivity contribution < 1.29 is 14.2 Å². The maximum absolute atomic E-state index is 6.27. The summed E-state index contributed by atoms with van der Waals surface area (Å²) in [6.45, 7) is 0. The summed E-state index contributed by atoms with van der Waals surface area (Å²) in [5, 5.41) is 0. The monoisotopic (exact) mass is 548 g/mol. The van der Waals surface area contributed by atoms with Crippen LogP contribution in [0.3, 0.4) is 0 Å². The fourth-order valence-corrected chi connectivity index (χ4v) is 5.04. The highest BCUT2D eigenvalue weighted by Gasteiger charge is 2.31. The van der Waals surface area contributed by atoms with Crippen LogP contribution in [0.1, 0.15) is 45.2 Å². The predicted octanol–water partition coefficient (Wildman–Crippen LogP) is 8.08. The van der Waals surface area contributed by atoms with E-state index in [0.29, 0.717) is 17.2 Å². The molecule has 0 aliphatic carbocycles. The van der Waals surface area contributed by atoms with Gasteiger partial charge in [0.2, 0.25) is 0 Å². The van der Waals surface area contributed by atoms with Gasteiger partial charge >= 0.3 is 0 Å². The molecule has 0 radical (unpaired) electrons. The lowest BCUT2D eigenvalue weighted by Gasteiger charge is -2.26. The highest BCUT2D eigenvalue weighted by molar-refractivity contribution is 5.66. The molecular formula is C39H32O3. The number of ether oxygens (including phenoxy) is 3. The van der Waals surface area contributed by atoms with E-state index in [9.17, 15) is 0 Å². The van der Waals surface area contributed by atoms with Crippen LogP contribution in [-0.2, 0) is 0 Å². The van der Waals surface area contributed by atoms with Crippen LogP contribution < -0.4 is 14.2 Å². The zero-order valence-electron chi connectivity index (χ0n) is 24.0. The molecule has 0 amide bonds. The SMILES string of the molecule is COc1cc(OC)c(C(C#Cc2ccccc2)c2ccccc2)c(OC)c1C(C#Cc1ccccc1)c1ccccc1. The average molecular weight is 549 g/mol. The summed E-state index contributed by atoms with van der Waals surface area (Å²) >= 11 is 0. The predicted molar refractivity (Wildman–Crippen MR) is 169 cm³/mol. The van der Waals surface area contributed by atoms with Gasteiger partial charge in [-0.3, -0.25) is 0 Å². The second-order valence-electron chi connectivity index (χ2n) is 9.60. The van der Waals surface area contributed by atoms with E-state index in [1.54, 1.807) is 21.3 Å². The highest BCUT2D eigenvalue weighted by atomic mass is 16.5. The second-order valence-corrected chi connectivity index (χ2v) is 9.60. The Kier molecular flexibility index (Phi) is 9.25.